The van der Waals surface area contributed by atoms with E-state index in [9.17, 15) is 13.2 Å². The summed E-state index contributed by atoms with van der Waals surface area (Å²) in [5.74, 6) is -0.0856. The predicted molar refractivity (Wildman–Crippen MR) is 66.8 cm³/mol. The highest BCUT2D eigenvalue weighted by Gasteiger charge is 2.18. The fourth-order valence-corrected chi connectivity index (χ4v) is 2.03. The first-order valence-corrected chi connectivity index (χ1v) is 7.11. The van der Waals surface area contributed by atoms with Crippen LogP contribution in [0.1, 0.15) is 30.6 Å². The molecule has 0 aliphatic carbocycles. The molecule has 0 heterocycles. The van der Waals surface area contributed by atoms with Crippen LogP contribution >= 0.6 is 0 Å². The van der Waals surface area contributed by atoms with Crippen LogP contribution in [0.25, 0.3) is 0 Å². The number of nitrogens with two attached hydrogens (primary N) is 1. The van der Waals surface area contributed by atoms with Gasteiger partial charge in [-0.2, -0.15) is 0 Å². The molecule has 0 aromatic heterocycles. The molecule has 0 saturated heterocycles. The van der Waals surface area contributed by atoms with Gasteiger partial charge < -0.3 is 5.73 Å². The maximum Gasteiger partial charge on any atom is 0.175 e. The summed E-state index contributed by atoms with van der Waals surface area (Å²) in [5.41, 5.74) is 5.68. The van der Waals surface area contributed by atoms with Crippen LogP contribution in [0.2, 0.25) is 0 Å². The molecule has 2 N–H and O–H groups in total. The first-order chi connectivity index (χ1) is 7.59. The average Bonchev–Trinajstić information content (AvgIpc) is 2.14. The van der Waals surface area contributed by atoms with Crippen LogP contribution < -0.4 is 5.73 Å². The highest BCUT2D eigenvalue weighted by Crippen LogP contribution is 2.14. The lowest BCUT2D eigenvalue weighted by Crippen LogP contribution is -2.34. The molecule has 1 rings (SSSR count). The maximum absolute atomic E-state index is 11.8. The van der Waals surface area contributed by atoms with Crippen molar-refractivity contribution in [3.63, 3.8) is 0 Å². The Labute approximate surface area is 102 Å². The third-order valence-electron chi connectivity index (χ3n) is 2.22. The van der Waals surface area contributed by atoms with Gasteiger partial charge in [0.1, 0.15) is 0 Å². The molecule has 0 saturated carbocycles. The third kappa shape index (κ3) is 4.28. The zero-order valence-corrected chi connectivity index (χ0v) is 11.0. The first kappa shape index (κ1) is 13.9. The molecule has 0 aliphatic rings. The minimum atomic E-state index is -3.22. The second-order valence-corrected chi connectivity index (χ2v) is 6.90. The molecule has 5 heteroatoms. The van der Waals surface area contributed by atoms with Gasteiger partial charge in [-0.3, -0.25) is 4.79 Å². The lowest BCUT2D eigenvalue weighted by Gasteiger charge is -2.16. The number of carbonyl (C=O) groups excluding carboxylic acids is 1. The van der Waals surface area contributed by atoms with Gasteiger partial charge in [0.15, 0.2) is 15.6 Å². The fourth-order valence-electron chi connectivity index (χ4n) is 1.40. The zero-order chi connectivity index (χ0) is 13.3. The van der Waals surface area contributed by atoms with E-state index >= 15 is 0 Å². The SMILES string of the molecule is CC(C)(N)CC(=O)c1ccc(S(C)(=O)=O)cc1. The highest BCUT2D eigenvalue weighted by molar-refractivity contribution is 7.90. The van der Waals surface area contributed by atoms with Crippen molar-refractivity contribution in [3.05, 3.63) is 29.8 Å². The van der Waals surface area contributed by atoms with Crippen LogP contribution in [0.15, 0.2) is 29.2 Å². The zero-order valence-electron chi connectivity index (χ0n) is 10.2. The van der Waals surface area contributed by atoms with Crippen molar-refractivity contribution >= 4 is 15.6 Å². The molecule has 0 amide bonds. The maximum atomic E-state index is 11.8. The summed E-state index contributed by atoms with van der Waals surface area (Å²) >= 11 is 0. The van der Waals surface area contributed by atoms with E-state index in [1.54, 1.807) is 13.8 Å². The van der Waals surface area contributed by atoms with E-state index < -0.39 is 15.4 Å². The Morgan fingerprint density at radius 3 is 2.06 bits per heavy atom. The quantitative estimate of drug-likeness (QED) is 0.825. The Balaban J connectivity index is 2.93. The molecular formula is C12H17NO3S. The van der Waals surface area contributed by atoms with Gasteiger partial charge in [-0.05, 0) is 26.0 Å². The molecule has 1 aromatic rings. The Kier molecular flexibility index (Phi) is 3.74. The largest absolute Gasteiger partial charge is 0.325 e. The van der Waals surface area contributed by atoms with Crippen LogP contribution in [0, 0.1) is 0 Å². The van der Waals surface area contributed by atoms with E-state index in [1.807, 2.05) is 0 Å². The van der Waals surface area contributed by atoms with E-state index in [1.165, 1.54) is 24.3 Å². The molecule has 17 heavy (non-hydrogen) atoms. The predicted octanol–water partition coefficient (Wildman–Crippen LogP) is 1.40. The normalized spacial score (nSPS) is 12.5. The number of benzene rings is 1. The van der Waals surface area contributed by atoms with Crippen LogP contribution in [-0.4, -0.2) is 26.0 Å². The summed E-state index contributed by atoms with van der Waals surface area (Å²) in [5, 5.41) is 0. The summed E-state index contributed by atoms with van der Waals surface area (Å²) in [6.07, 6.45) is 1.36. The minimum Gasteiger partial charge on any atom is -0.325 e. The van der Waals surface area contributed by atoms with Gasteiger partial charge in [0.05, 0.1) is 4.90 Å². The van der Waals surface area contributed by atoms with E-state index in [-0.39, 0.29) is 17.1 Å². The Hall–Kier alpha value is -1.20. The Morgan fingerprint density at radius 2 is 1.71 bits per heavy atom. The number of carbonyl (C=O) groups is 1. The summed E-state index contributed by atoms with van der Waals surface area (Å²) in [6.45, 7) is 3.55. The molecule has 0 unspecified atom stereocenters. The number of ketones is 1. The van der Waals surface area contributed by atoms with Crippen molar-refractivity contribution in [2.75, 3.05) is 6.26 Å². The van der Waals surface area contributed by atoms with Crippen molar-refractivity contribution in [1.82, 2.24) is 0 Å². The smallest absolute Gasteiger partial charge is 0.175 e. The fraction of sp³-hybridized carbons (Fsp3) is 0.417. The van der Waals surface area contributed by atoms with E-state index in [0.29, 0.717) is 5.56 Å². The molecule has 0 fully saturated rings. The topological polar surface area (TPSA) is 77.2 Å². The number of rotatable bonds is 4. The Morgan fingerprint density at radius 1 is 1.24 bits per heavy atom. The van der Waals surface area contributed by atoms with Gasteiger partial charge in [0.25, 0.3) is 0 Å². The van der Waals surface area contributed by atoms with Gasteiger partial charge in [-0.25, -0.2) is 8.42 Å². The summed E-state index contributed by atoms with van der Waals surface area (Å²) in [7, 11) is -3.22. The molecule has 0 aliphatic heterocycles. The molecule has 0 spiro atoms. The van der Waals surface area contributed by atoms with Crippen molar-refractivity contribution in [1.29, 1.82) is 0 Å². The molecule has 1 aromatic carbocycles. The number of hydrogen-bond acceptors (Lipinski definition) is 4. The van der Waals surface area contributed by atoms with Crippen LogP contribution in [0.3, 0.4) is 0 Å². The molecule has 0 radical (unpaired) electrons. The minimum absolute atomic E-state index is 0.0856. The van der Waals surface area contributed by atoms with E-state index in [2.05, 4.69) is 0 Å². The number of sulfone groups is 1. The van der Waals surface area contributed by atoms with Crippen molar-refractivity contribution < 1.29 is 13.2 Å². The first-order valence-electron chi connectivity index (χ1n) is 5.22. The second kappa shape index (κ2) is 4.58. The molecule has 94 valence electrons. The molecule has 4 nitrogen and oxygen atoms in total. The number of hydrogen-bond donors (Lipinski definition) is 1. The average molecular weight is 255 g/mol. The van der Waals surface area contributed by atoms with Gasteiger partial charge in [-0.1, -0.05) is 12.1 Å². The Bertz CT molecular complexity index is 510. The summed E-state index contributed by atoms with van der Waals surface area (Å²) in [6, 6.07) is 5.91. The van der Waals surface area contributed by atoms with Crippen LogP contribution in [-0.2, 0) is 9.84 Å². The monoisotopic (exact) mass is 255 g/mol. The van der Waals surface area contributed by atoms with Gasteiger partial charge in [0, 0.05) is 23.8 Å². The standard InChI is InChI=1S/C12H17NO3S/c1-12(2,13)8-11(14)9-4-6-10(7-5-9)17(3,15)16/h4-7H,8,13H2,1-3H3. The van der Waals surface area contributed by atoms with E-state index in [4.69, 9.17) is 5.73 Å². The second-order valence-electron chi connectivity index (χ2n) is 4.89. The van der Waals surface area contributed by atoms with Crippen LogP contribution in [0.4, 0.5) is 0 Å². The van der Waals surface area contributed by atoms with Gasteiger partial charge in [-0.15, -0.1) is 0 Å². The van der Waals surface area contributed by atoms with Crippen molar-refractivity contribution in [3.8, 4) is 0 Å². The molecule has 0 bridgehead atoms. The molecule has 0 atom stereocenters. The van der Waals surface area contributed by atoms with Crippen molar-refractivity contribution in [2.24, 2.45) is 5.73 Å². The van der Waals surface area contributed by atoms with Crippen molar-refractivity contribution in [2.45, 2.75) is 30.7 Å². The van der Waals surface area contributed by atoms with E-state index in [0.717, 1.165) is 6.26 Å². The van der Waals surface area contributed by atoms with Gasteiger partial charge in [0.2, 0.25) is 0 Å². The lowest BCUT2D eigenvalue weighted by atomic mass is 9.95. The molecular weight excluding hydrogens is 238 g/mol. The third-order valence-corrected chi connectivity index (χ3v) is 3.35. The van der Waals surface area contributed by atoms with Gasteiger partial charge >= 0.3 is 0 Å². The lowest BCUT2D eigenvalue weighted by molar-refractivity contribution is 0.0960. The summed E-state index contributed by atoms with van der Waals surface area (Å²) < 4.78 is 22.5. The van der Waals surface area contributed by atoms with Crippen LogP contribution in [0.5, 0.6) is 0 Å². The summed E-state index contributed by atoms with van der Waals surface area (Å²) in [4.78, 5) is 12.0. The highest BCUT2D eigenvalue weighted by atomic mass is 32.2. The number of Topliss-reactive ketones (excluding diaryl/α,β-unsaturated/α-hetero) is 1.